The molecule has 0 radical (unpaired) electrons. The summed E-state index contributed by atoms with van der Waals surface area (Å²) >= 11 is 0. The molecule has 1 atom stereocenters. The number of hydrogen-bond donors (Lipinski definition) is 1. The van der Waals surface area contributed by atoms with Gasteiger partial charge in [-0.3, -0.25) is 0 Å². The lowest BCUT2D eigenvalue weighted by molar-refractivity contribution is 0.164. The maximum Gasteiger partial charge on any atom is 0.231 e. The van der Waals surface area contributed by atoms with E-state index in [1.54, 1.807) is 19.2 Å². The first-order valence-electron chi connectivity index (χ1n) is 7.64. The maximum absolute atomic E-state index is 9.90. The van der Waals surface area contributed by atoms with Gasteiger partial charge in [0.15, 0.2) is 23.0 Å². The number of phenolic OH excluding ortho intramolecular Hbond substituents is 1. The van der Waals surface area contributed by atoms with Crippen LogP contribution < -0.4 is 18.9 Å². The Bertz CT molecular complexity index is 740. The summed E-state index contributed by atoms with van der Waals surface area (Å²) in [4.78, 5) is 0. The second kappa shape index (κ2) is 5.57. The summed E-state index contributed by atoms with van der Waals surface area (Å²) in [6.45, 7) is 0.878. The Balaban J connectivity index is 1.51. The number of rotatable bonds is 3. The van der Waals surface area contributed by atoms with Crippen molar-refractivity contribution in [2.24, 2.45) is 5.92 Å². The maximum atomic E-state index is 9.90. The Morgan fingerprint density at radius 3 is 2.87 bits per heavy atom. The highest BCUT2D eigenvalue weighted by Gasteiger charge is 2.28. The minimum atomic E-state index is 0.172. The van der Waals surface area contributed by atoms with Gasteiger partial charge in [0.25, 0.3) is 0 Å². The van der Waals surface area contributed by atoms with Crippen LogP contribution in [0.15, 0.2) is 30.3 Å². The molecule has 0 aromatic heterocycles. The van der Waals surface area contributed by atoms with Crippen molar-refractivity contribution in [3.05, 3.63) is 41.5 Å². The molecule has 120 valence electrons. The van der Waals surface area contributed by atoms with E-state index in [1.165, 1.54) is 0 Å². The Hall–Kier alpha value is -2.56. The van der Waals surface area contributed by atoms with E-state index in [9.17, 15) is 5.11 Å². The molecule has 2 aromatic carbocycles. The molecule has 0 saturated carbocycles. The van der Waals surface area contributed by atoms with Gasteiger partial charge >= 0.3 is 0 Å². The molecule has 2 aromatic rings. The normalized spacial score (nSPS) is 18.2. The van der Waals surface area contributed by atoms with Crippen LogP contribution >= 0.6 is 0 Å². The van der Waals surface area contributed by atoms with Gasteiger partial charge in [0.05, 0.1) is 13.7 Å². The minimum Gasteiger partial charge on any atom is -0.504 e. The largest absolute Gasteiger partial charge is 0.504 e. The fourth-order valence-electron chi connectivity index (χ4n) is 3.20. The van der Waals surface area contributed by atoms with Crippen LogP contribution in [-0.2, 0) is 12.8 Å². The van der Waals surface area contributed by atoms with Gasteiger partial charge in [-0.2, -0.15) is 0 Å². The van der Waals surface area contributed by atoms with Crippen molar-refractivity contribution in [3.8, 4) is 28.7 Å². The van der Waals surface area contributed by atoms with E-state index < -0.39 is 0 Å². The monoisotopic (exact) mass is 314 g/mol. The summed E-state index contributed by atoms with van der Waals surface area (Å²) in [5, 5.41) is 9.90. The molecule has 4 rings (SSSR count). The molecule has 2 aliphatic heterocycles. The van der Waals surface area contributed by atoms with Crippen molar-refractivity contribution in [3.63, 3.8) is 0 Å². The third-order valence-corrected chi connectivity index (χ3v) is 4.31. The van der Waals surface area contributed by atoms with Gasteiger partial charge in [-0.05, 0) is 42.2 Å². The average Bonchev–Trinajstić information content (AvgIpc) is 3.04. The summed E-state index contributed by atoms with van der Waals surface area (Å²) in [5.74, 6) is 3.31. The summed E-state index contributed by atoms with van der Waals surface area (Å²) < 4.78 is 21.9. The SMILES string of the molecule is COc1ccc(CC2COc3c(ccc4c3OCO4)C2)cc1O. The van der Waals surface area contributed by atoms with E-state index in [1.807, 2.05) is 18.2 Å². The predicted octanol–water partition coefficient (Wildman–Crippen LogP) is 2.92. The van der Waals surface area contributed by atoms with E-state index in [-0.39, 0.29) is 12.5 Å². The number of ether oxygens (including phenoxy) is 4. The van der Waals surface area contributed by atoms with Crippen LogP contribution in [0.1, 0.15) is 11.1 Å². The Morgan fingerprint density at radius 2 is 2.04 bits per heavy atom. The topological polar surface area (TPSA) is 57.2 Å². The molecule has 2 aliphatic rings. The van der Waals surface area contributed by atoms with Crippen molar-refractivity contribution in [2.75, 3.05) is 20.5 Å². The smallest absolute Gasteiger partial charge is 0.231 e. The Labute approximate surface area is 134 Å². The number of benzene rings is 2. The first-order valence-corrected chi connectivity index (χ1v) is 7.64. The summed E-state index contributed by atoms with van der Waals surface area (Å²) in [7, 11) is 1.55. The fourth-order valence-corrected chi connectivity index (χ4v) is 3.20. The molecule has 0 spiro atoms. The van der Waals surface area contributed by atoms with Crippen LogP contribution in [0.2, 0.25) is 0 Å². The fraction of sp³-hybridized carbons (Fsp3) is 0.333. The van der Waals surface area contributed by atoms with Crippen LogP contribution in [0.5, 0.6) is 28.7 Å². The molecule has 1 unspecified atom stereocenters. The van der Waals surface area contributed by atoms with E-state index in [0.29, 0.717) is 18.3 Å². The van der Waals surface area contributed by atoms with Gasteiger partial charge in [0.1, 0.15) is 0 Å². The van der Waals surface area contributed by atoms with Crippen LogP contribution in [0.3, 0.4) is 0 Å². The van der Waals surface area contributed by atoms with E-state index in [4.69, 9.17) is 18.9 Å². The molecular weight excluding hydrogens is 296 g/mol. The van der Waals surface area contributed by atoms with Gasteiger partial charge in [0.2, 0.25) is 12.5 Å². The van der Waals surface area contributed by atoms with E-state index in [0.717, 1.165) is 41.2 Å². The zero-order valence-electron chi connectivity index (χ0n) is 12.9. The van der Waals surface area contributed by atoms with Crippen LogP contribution in [0.4, 0.5) is 0 Å². The lowest BCUT2D eigenvalue weighted by Gasteiger charge is -2.26. The Morgan fingerprint density at radius 1 is 1.13 bits per heavy atom. The third kappa shape index (κ3) is 2.52. The lowest BCUT2D eigenvalue weighted by Crippen LogP contribution is -2.23. The van der Waals surface area contributed by atoms with Gasteiger partial charge in [-0.15, -0.1) is 0 Å². The first-order chi connectivity index (χ1) is 11.2. The highest BCUT2D eigenvalue weighted by atomic mass is 16.7. The molecule has 0 bridgehead atoms. The molecule has 0 fully saturated rings. The zero-order valence-corrected chi connectivity index (χ0v) is 12.9. The third-order valence-electron chi connectivity index (χ3n) is 4.31. The van der Waals surface area contributed by atoms with Gasteiger partial charge in [-0.25, -0.2) is 0 Å². The van der Waals surface area contributed by atoms with Crippen molar-refractivity contribution < 1.29 is 24.1 Å². The summed E-state index contributed by atoms with van der Waals surface area (Å²) in [6.07, 6.45) is 1.75. The number of fused-ring (bicyclic) bond motifs is 3. The second-order valence-electron chi connectivity index (χ2n) is 5.88. The second-order valence-corrected chi connectivity index (χ2v) is 5.88. The Kier molecular flexibility index (Phi) is 3.41. The standard InChI is InChI=1S/C18H18O5/c1-20-15-4-2-11(8-14(15)19)6-12-7-13-3-5-16-18(23-10-22-16)17(13)21-9-12/h2-5,8,12,19H,6-7,9-10H2,1H3. The lowest BCUT2D eigenvalue weighted by atomic mass is 9.90. The highest BCUT2D eigenvalue weighted by molar-refractivity contribution is 5.57. The first kappa shape index (κ1) is 14.1. The van der Waals surface area contributed by atoms with Crippen LogP contribution in [0, 0.1) is 5.92 Å². The number of methoxy groups -OCH3 is 1. The predicted molar refractivity (Wildman–Crippen MR) is 83.6 cm³/mol. The van der Waals surface area contributed by atoms with Gasteiger partial charge in [0, 0.05) is 5.92 Å². The number of aromatic hydroxyl groups is 1. The van der Waals surface area contributed by atoms with E-state index in [2.05, 4.69) is 0 Å². The quantitative estimate of drug-likeness (QED) is 0.944. The van der Waals surface area contributed by atoms with Crippen molar-refractivity contribution in [1.82, 2.24) is 0 Å². The van der Waals surface area contributed by atoms with Gasteiger partial charge < -0.3 is 24.1 Å². The van der Waals surface area contributed by atoms with Crippen molar-refractivity contribution >= 4 is 0 Å². The average molecular weight is 314 g/mol. The van der Waals surface area contributed by atoms with Crippen LogP contribution in [-0.4, -0.2) is 25.6 Å². The molecule has 5 nitrogen and oxygen atoms in total. The molecule has 0 saturated heterocycles. The molecular formula is C18H18O5. The number of hydrogen-bond acceptors (Lipinski definition) is 5. The molecule has 1 N–H and O–H groups in total. The highest BCUT2D eigenvalue weighted by Crippen LogP contribution is 2.46. The number of phenols is 1. The minimum absolute atomic E-state index is 0.172. The van der Waals surface area contributed by atoms with Crippen molar-refractivity contribution in [2.45, 2.75) is 12.8 Å². The van der Waals surface area contributed by atoms with Crippen molar-refractivity contribution in [1.29, 1.82) is 0 Å². The van der Waals surface area contributed by atoms with E-state index >= 15 is 0 Å². The summed E-state index contributed by atoms with van der Waals surface area (Å²) in [6, 6.07) is 9.51. The zero-order chi connectivity index (χ0) is 15.8. The molecule has 2 heterocycles. The molecule has 0 aliphatic carbocycles. The van der Waals surface area contributed by atoms with Crippen LogP contribution in [0.25, 0.3) is 0 Å². The molecule has 23 heavy (non-hydrogen) atoms. The molecule has 0 amide bonds. The van der Waals surface area contributed by atoms with Gasteiger partial charge in [-0.1, -0.05) is 12.1 Å². The summed E-state index contributed by atoms with van der Waals surface area (Å²) in [5.41, 5.74) is 2.21. The molecule has 5 heteroatoms.